The highest BCUT2D eigenvalue weighted by Crippen LogP contribution is 2.36. The summed E-state index contributed by atoms with van der Waals surface area (Å²) < 4.78 is 43.1. The van der Waals surface area contributed by atoms with Gasteiger partial charge in [-0.1, -0.05) is 15.9 Å². The monoisotopic (exact) mass is 628 g/mol. The molecule has 9 nitrogen and oxygen atoms in total. The molecule has 3 heterocycles. The first kappa shape index (κ1) is 28.3. The number of fused-ring (bicyclic) bond motifs is 1. The molecule has 0 radical (unpaired) electrons. The molecule has 1 aliphatic heterocycles. The third-order valence-electron chi connectivity index (χ3n) is 6.92. The molecule has 0 bridgehead atoms. The van der Waals surface area contributed by atoms with Gasteiger partial charge < -0.3 is 10.2 Å². The third-order valence-corrected chi connectivity index (χ3v) is 7.61. The van der Waals surface area contributed by atoms with Crippen LogP contribution in [-0.2, 0) is 19.1 Å². The van der Waals surface area contributed by atoms with Crippen molar-refractivity contribution in [2.45, 2.75) is 39.0 Å². The van der Waals surface area contributed by atoms with E-state index in [1.54, 1.807) is 50.4 Å². The number of carbonyl (C=O) groups excluding carboxylic acids is 2. The minimum Gasteiger partial charge on any atom is -0.355 e. The van der Waals surface area contributed by atoms with Crippen molar-refractivity contribution in [1.82, 2.24) is 29.5 Å². The van der Waals surface area contributed by atoms with E-state index in [0.717, 1.165) is 6.07 Å². The number of halogens is 4. The number of amides is 2. The summed E-state index contributed by atoms with van der Waals surface area (Å²) in [5.74, 6) is -0.713. The Hall–Kier alpha value is -4.26. The molecule has 0 aliphatic carbocycles. The first-order valence-corrected chi connectivity index (χ1v) is 13.4. The average Bonchev–Trinajstić information content (AvgIpc) is 3.38. The molecule has 0 saturated carbocycles. The molecule has 13 heteroatoms. The summed E-state index contributed by atoms with van der Waals surface area (Å²) in [5, 5.41) is 6.96. The molecule has 2 amide bonds. The molecule has 212 valence electrons. The molecule has 1 unspecified atom stereocenters. The van der Waals surface area contributed by atoms with Gasteiger partial charge in [0.05, 0.1) is 29.2 Å². The molecule has 41 heavy (non-hydrogen) atoms. The van der Waals surface area contributed by atoms with Crippen LogP contribution in [0.15, 0.2) is 64.0 Å². The van der Waals surface area contributed by atoms with Gasteiger partial charge in [-0.2, -0.15) is 18.3 Å². The smallest absolute Gasteiger partial charge is 0.355 e. The fourth-order valence-electron chi connectivity index (χ4n) is 4.78. The number of hydrogen-bond acceptors (Lipinski definition) is 5. The predicted molar refractivity (Wildman–Crippen MR) is 147 cm³/mol. The first-order chi connectivity index (χ1) is 19.4. The number of hydrogen-bond donors (Lipinski definition) is 1. The van der Waals surface area contributed by atoms with Crippen LogP contribution in [0, 0.1) is 6.92 Å². The van der Waals surface area contributed by atoms with Crippen molar-refractivity contribution in [2.75, 3.05) is 7.05 Å². The van der Waals surface area contributed by atoms with Crippen LogP contribution in [-0.4, -0.2) is 49.1 Å². The number of benzene rings is 2. The number of aromatic nitrogens is 4. The van der Waals surface area contributed by atoms with Gasteiger partial charge in [-0.3, -0.25) is 14.4 Å². The second-order valence-corrected chi connectivity index (χ2v) is 10.5. The lowest BCUT2D eigenvalue weighted by molar-refractivity contribution is -0.138. The molecule has 4 aromatic rings. The molecule has 0 saturated heterocycles. The number of nitrogens with zero attached hydrogens (tertiary/aromatic N) is 5. The summed E-state index contributed by atoms with van der Waals surface area (Å²) in [6, 6.07) is 11.0. The standard InChI is InChI=1S/C28H24BrF3N6O3/c1-15-10-11-37(35-15)27-34-23-14-36(25(40)18-6-9-22(29)21(13-18)28(30,31)32)16(2)12-20(23)26(41)38(27)19-7-4-17(5-8-19)24(39)33-3/h4-11,13,16H,12,14H2,1-3H3,(H,33,39). The van der Waals surface area contributed by atoms with E-state index in [1.807, 2.05) is 0 Å². The highest BCUT2D eigenvalue weighted by molar-refractivity contribution is 9.10. The van der Waals surface area contributed by atoms with Gasteiger partial charge in [-0.25, -0.2) is 14.2 Å². The van der Waals surface area contributed by atoms with Crippen LogP contribution in [0.5, 0.6) is 0 Å². The van der Waals surface area contributed by atoms with Gasteiger partial charge in [0, 0.05) is 40.4 Å². The summed E-state index contributed by atoms with van der Waals surface area (Å²) in [7, 11) is 1.52. The Morgan fingerprint density at radius 3 is 2.37 bits per heavy atom. The molecule has 1 N–H and O–H groups in total. The van der Waals surface area contributed by atoms with Crippen LogP contribution >= 0.6 is 15.9 Å². The Morgan fingerprint density at radius 1 is 1.07 bits per heavy atom. The quantitative estimate of drug-likeness (QED) is 0.360. The van der Waals surface area contributed by atoms with Gasteiger partial charge in [0.2, 0.25) is 5.95 Å². The van der Waals surface area contributed by atoms with Gasteiger partial charge in [-0.15, -0.1) is 0 Å². The normalized spacial score (nSPS) is 15.0. The number of rotatable bonds is 4. The lowest BCUT2D eigenvalue weighted by Crippen LogP contribution is -2.46. The van der Waals surface area contributed by atoms with Crippen molar-refractivity contribution in [1.29, 1.82) is 0 Å². The van der Waals surface area contributed by atoms with E-state index in [4.69, 9.17) is 4.98 Å². The van der Waals surface area contributed by atoms with Gasteiger partial charge >= 0.3 is 6.18 Å². The second kappa shape index (κ2) is 10.6. The minimum absolute atomic E-state index is 0.0777. The van der Waals surface area contributed by atoms with Crippen LogP contribution < -0.4 is 10.9 Å². The molecule has 1 aliphatic rings. The van der Waals surface area contributed by atoms with E-state index in [0.29, 0.717) is 28.2 Å². The zero-order valence-corrected chi connectivity index (χ0v) is 23.7. The fraction of sp³-hybridized carbons (Fsp3) is 0.250. The molecule has 0 fully saturated rings. The molecule has 5 rings (SSSR count). The van der Waals surface area contributed by atoms with E-state index >= 15 is 0 Å². The number of carbonyl (C=O) groups is 2. The van der Waals surface area contributed by atoms with Crippen LogP contribution in [0.2, 0.25) is 0 Å². The van der Waals surface area contributed by atoms with Crippen LogP contribution in [0.3, 0.4) is 0 Å². The molecular formula is C28H24BrF3N6O3. The highest BCUT2D eigenvalue weighted by Gasteiger charge is 2.36. The molecule has 2 aromatic carbocycles. The van der Waals surface area contributed by atoms with Crippen LogP contribution in [0.25, 0.3) is 11.6 Å². The van der Waals surface area contributed by atoms with Crippen molar-refractivity contribution in [3.05, 3.63) is 103 Å². The summed E-state index contributed by atoms with van der Waals surface area (Å²) >= 11 is 2.90. The third kappa shape index (κ3) is 5.29. The maximum Gasteiger partial charge on any atom is 0.417 e. The molecule has 0 spiro atoms. The Balaban J connectivity index is 1.59. The topological polar surface area (TPSA) is 102 Å². The Bertz CT molecular complexity index is 1730. The maximum atomic E-state index is 13.9. The summed E-state index contributed by atoms with van der Waals surface area (Å²) in [6.45, 7) is 3.44. The van der Waals surface area contributed by atoms with E-state index < -0.39 is 23.7 Å². The molecular weight excluding hydrogens is 605 g/mol. The number of alkyl halides is 3. The Kier molecular flexibility index (Phi) is 7.32. The van der Waals surface area contributed by atoms with E-state index in [2.05, 4.69) is 26.3 Å². The van der Waals surface area contributed by atoms with E-state index in [-0.39, 0.29) is 40.4 Å². The first-order valence-electron chi connectivity index (χ1n) is 12.6. The summed E-state index contributed by atoms with van der Waals surface area (Å²) in [4.78, 5) is 45.6. The zero-order chi connectivity index (χ0) is 29.6. The zero-order valence-electron chi connectivity index (χ0n) is 22.2. The van der Waals surface area contributed by atoms with Crippen LogP contribution in [0.1, 0.15) is 50.2 Å². The summed E-state index contributed by atoms with van der Waals surface area (Å²) in [6.07, 6.45) is -2.85. The van der Waals surface area contributed by atoms with Crippen molar-refractivity contribution in [3.63, 3.8) is 0 Å². The second-order valence-electron chi connectivity index (χ2n) is 9.68. The maximum absolute atomic E-state index is 13.9. The largest absolute Gasteiger partial charge is 0.417 e. The number of nitrogens with one attached hydrogen (secondary N) is 1. The van der Waals surface area contributed by atoms with Crippen molar-refractivity contribution in [2.24, 2.45) is 0 Å². The van der Waals surface area contributed by atoms with Crippen LogP contribution in [0.4, 0.5) is 13.2 Å². The van der Waals surface area contributed by atoms with E-state index in [1.165, 1.54) is 33.3 Å². The number of aryl methyl sites for hydroxylation is 1. The fourth-order valence-corrected chi connectivity index (χ4v) is 5.25. The Morgan fingerprint density at radius 2 is 1.76 bits per heavy atom. The average molecular weight is 629 g/mol. The van der Waals surface area contributed by atoms with Crippen molar-refractivity contribution >= 4 is 27.7 Å². The van der Waals surface area contributed by atoms with Crippen molar-refractivity contribution in [3.8, 4) is 11.6 Å². The highest BCUT2D eigenvalue weighted by atomic mass is 79.9. The van der Waals surface area contributed by atoms with Crippen molar-refractivity contribution < 1.29 is 22.8 Å². The lowest BCUT2D eigenvalue weighted by Gasteiger charge is -2.34. The van der Waals surface area contributed by atoms with Gasteiger partial charge in [0.1, 0.15) is 0 Å². The minimum atomic E-state index is -4.64. The molecule has 2 aromatic heterocycles. The lowest BCUT2D eigenvalue weighted by atomic mass is 9.98. The molecule has 1 atom stereocenters. The summed E-state index contributed by atoms with van der Waals surface area (Å²) in [5.41, 5.74) is 0.828. The Labute approximate surface area is 240 Å². The van der Waals surface area contributed by atoms with Gasteiger partial charge in [-0.05, 0) is 68.8 Å². The SMILES string of the molecule is CNC(=O)c1ccc(-n2c(-n3ccc(C)n3)nc3c(c2=O)CC(C)N(C(=O)c2ccc(Br)c(C(F)(F)F)c2)C3)cc1. The predicted octanol–water partition coefficient (Wildman–Crippen LogP) is 4.45. The van der Waals surface area contributed by atoms with E-state index in [9.17, 15) is 27.6 Å². The van der Waals surface area contributed by atoms with Gasteiger partial charge in [0.25, 0.3) is 17.4 Å². The van der Waals surface area contributed by atoms with Gasteiger partial charge in [0.15, 0.2) is 0 Å².